The molecular formula is C48H29NO2. The predicted molar refractivity (Wildman–Crippen MR) is 214 cm³/mol. The second kappa shape index (κ2) is 10.8. The average Bonchev–Trinajstić information content (AvgIpc) is 3.75. The summed E-state index contributed by atoms with van der Waals surface area (Å²) in [6, 6.07) is 62.7. The van der Waals surface area contributed by atoms with E-state index in [1.165, 1.54) is 43.4 Å². The van der Waals surface area contributed by atoms with E-state index in [0.29, 0.717) is 0 Å². The average molecular weight is 652 g/mol. The minimum atomic E-state index is 0.856. The van der Waals surface area contributed by atoms with E-state index in [1.54, 1.807) is 0 Å². The highest BCUT2D eigenvalue weighted by Gasteiger charge is 2.18. The number of benzene rings is 9. The third kappa shape index (κ3) is 4.32. The minimum absolute atomic E-state index is 0.856. The Hall–Kier alpha value is -6.84. The SMILES string of the molecule is c1ccc2c(c1)ccc1c3ccccc3c(-c3ccc(N(c4ccc5c(c4)oc4ccccc45)c4ccc5c(c4)oc4ccccc45)cc3)cc21. The fourth-order valence-electron chi connectivity index (χ4n) is 8.04. The standard InChI is InChI=1S/C48H29NO2/c1-2-10-35-30(9-1)19-24-38-36-11-3-4-12-37(36)43(29-44(35)38)31-17-20-32(21-18-31)49(33-22-25-41-39-13-5-7-15-45(39)50-47(41)27-33)34-23-26-42-40-14-6-8-16-46(40)51-48(42)28-34/h1-29H. The summed E-state index contributed by atoms with van der Waals surface area (Å²) in [6.45, 7) is 0. The van der Waals surface area contributed by atoms with Crippen LogP contribution in [0.25, 0.3) is 87.3 Å². The van der Waals surface area contributed by atoms with E-state index in [0.717, 1.165) is 60.9 Å². The lowest BCUT2D eigenvalue weighted by atomic mass is 9.91. The number of rotatable bonds is 4. The molecule has 0 saturated heterocycles. The first-order valence-electron chi connectivity index (χ1n) is 17.3. The van der Waals surface area contributed by atoms with E-state index in [4.69, 9.17) is 8.83 Å². The summed E-state index contributed by atoms with van der Waals surface area (Å²) in [5.41, 5.74) is 8.94. The van der Waals surface area contributed by atoms with Gasteiger partial charge in [-0.3, -0.25) is 0 Å². The van der Waals surface area contributed by atoms with Gasteiger partial charge < -0.3 is 13.7 Å². The van der Waals surface area contributed by atoms with Gasteiger partial charge in [0.2, 0.25) is 0 Å². The van der Waals surface area contributed by atoms with Gasteiger partial charge in [0, 0.05) is 50.7 Å². The van der Waals surface area contributed by atoms with Crippen molar-refractivity contribution in [3.63, 3.8) is 0 Å². The molecule has 0 spiro atoms. The van der Waals surface area contributed by atoms with Gasteiger partial charge in [0.15, 0.2) is 0 Å². The molecule has 11 aromatic rings. The van der Waals surface area contributed by atoms with Crippen LogP contribution in [0.1, 0.15) is 0 Å². The first kappa shape index (κ1) is 28.0. The molecule has 0 aliphatic rings. The number of hydrogen-bond donors (Lipinski definition) is 0. The molecule has 3 heteroatoms. The number of hydrogen-bond acceptors (Lipinski definition) is 3. The fourth-order valence-corrected chi connectivity index (χ4v) is 8.04. The monoisotopic (exact) mass is 651 g/mol. The van der Waals surface area contributed by atoms with Crippen LogP contribution < -0.4 is 4.90 Å². The second-order valence-electron chi connectivity index (χ2n) is 13.3. The summed E-state index contributed by atoms with van der Waals surface area (Å²) >= 11 is 0. The Morgan fingerprint density at radius 2 is 0.765 bits per heavy atom. The molecule has 0 aliphatic heterocycles. The van der Waals surface area contributed by atoms with Gasteiger partial charge >= 0.3 is 0 Å². The smallest absolute Gasteiger partial charge is 0.137 e. The summed E-state index contributed by atoms with van der Waals surface area (Å²) in [7, 11) is 0. The molecule has 11 rings (SSSR count). The normalized spacial score (nSPS) is 11.9. The van der Waals surface area contributed by atoms with Crippen LogP contribution in [-0.2, 0) is 0 Å². The highest BCUT2D eigenvalue weighted by atomic mass is 16.3. The molecule has 0 saturated carbocycles. The summed E-state index contributed by atoms with van der Waals surface area (Å²) in [5.74, 6) is 0. The molecule has 9 aromatic carbocycles. The quantitative estimate of drug-likeness (QED) is 0.177. The lowest BCUT2D eigenvalue weighted by Crippen LogP contribution is -2.09. The largest absolute Gasteiger partial charge is 0.456 e. The van der Waals surface area contributed by atoms with Gasteiger partial charge in [-0.2, -0.15) is 0 Å². The maximum atomic E-state index is 6.36. The number of nitrogens with zero attached hydrogens (tertiary/aromatic N) is 1. The third-order valence-electron chi connectivity index (χ3n) is 10.4. The molecule has 238 valence electrons. The van der Waals surface area contributed by atoms with Crippen molar-refractivity contribution in [2.75, 3.05) is 4.90 Å². The summed E-state index contributed by atoms with van der Waals surface area (Å²) < 4.78 is 12.7. The summed E-state index contributed by atoms with van der Waals surface area (Å²) in [5, 5.41) is 12.0. The predicted octanol–water partition coefficient (Wildman–Crippen LogP) is 14.1. The highest BCUT2D eigenvalue weighted by Crippen LogP contribution is 2.43. The Bertz CT molecular complexity index is 3030. The second-order valence-corrected chi connectivity index (χ2v) is 13.3. The van der Waals surface area contributed by atoms with Gasteiger partial charge in [0.05, 0.1) is 0 Å². The molecule has 3 nitrogen and oxygen atoms in total. The van der Waals surface area contributed by atoms with Crippen LogP contribution in [0.4, 0.5) is 17.1 Å². The summed E-state index contributed by atoms with van der Waals surface area (Å²) in [4.78, 5) is 2.29. The molecule has 2 aromatic heterocycles. The first-order valence-corrected chi connectivity index (χ1v) is 17.3. The van der Waals surface area contributed by atoms with Crippen LogP contribution in [0.5, 0.6) is 0 Å². The van der Waals surface area contributed by atoms with Crippen LogP contribution in [0.15, 0.2) is 185 Å². The maximum Gasteiger partial charge on any atom is 0.137 e. The van der Waals surface area contributed by atoms with Crippen molar-refractivity contribution in [2.45, 2.75) is 0 Å². The zero-order valence-corrected chi connectivity index (χ0v) is 27.5. The van der Waals surface area contributed by atoms with Gasteiger partial charge in [0.1, 0.15) is 22.3 Å². The van der Waals surface area contributed by atoms with Crippen molar-refractivity contribution in [3.8, 4) is 11.1 Å². The van der Waals surface area contributed by atoms with Crippen molar-refractivity contribution in [2.24, 2.45) is 0 Å². The van der Waals surface area contributed by atoms with E-state index < -0.39 is 0 Å². The number of anilines is 3. The lowest BCUT2D eigenvalue weighted by molar-refractivity contribution is 0.669. The Kier molecular flexibility index (Phi) is 5.96. The molecule has 0 unspecified atom stereocenters. The molecule has 0 radical (unpaired) electrons. The van der Waals surface area contributed by atoms with Crippen molar-refractivity contribution >= 4 is 93.3 Å². The number of para-hydroxylation sites is 2. The van der Waals surface area contributed by atoms with Gasteiger partial charge in [-0.1, -0.05) is 109 Å². The minimum Gasteiger partial charge on any atom is -0.456 e. The van der Waals surface area contributed by atoms with Crippen molar-refractivity contribution in [1.29, 1.82) is 0 Å². The van der Waals surface area contributed by atoms with Crippen LogP contribution >= 0.6 is 0 Å². The molecule has 51 heavy (non-hydrogen) atoms. The number of fused-ring (bicyclic) bond motifs is 11. The Morgan fingerprint density at radius 3 is 1.41 bits per heavy atom. The lowest BCUT2D eigenvalue weighted by Gasteiger charge is -2.25. The van der Waals surface area contributed by atoms with Gasteiger partial charge in [0.25, 0.3) is 0 Å². The van der Waals surface area contributed by atoms with E-state index in [1.807, 2.05) is 24.3 Å². The van der Waals surface area contributed by atoms with Crippen LogP contribution in [-0.4, -0.2) is 0 Å². The molecule has 0 bridgehead atoms. The van der Waals surface area contributed by atoms with E-state index in [9.17, 15) is 0 Å². The molecule has 0 N–H and O–H groups in total. The topological polar surface area (TPSA) is 29.5 Å². The highest BCUT2D eigenvalue weighted by molar-refractivity contribution is 6.21. The van der Waals surface area contributed by atoms with E-state index >= 15 is 0 Å². The first-order chi connectivity index (χ1) is 25.3. The van der Waals surface area contributed by atoms with E-state index in [-0.39, 0.29) is 0 Å². The molecule has 0 fully saturated rings. The molecule has 0 amide bonds. The van der Waals surface area contributed by atoms with Gasteiger partial charge in [-0.25, -0.2) is 0 Å². The summed E-state index contributed by atoms with van der Waals surface area (Å²) in [6.07, 6.45) is 0. The molecule has 2 heterocycles. The Labute approximate surface area is 293 Å². The maximum absolute atomic E-state index is 6.36. The van der Waals surface area contributed by atoms with Crippen LogP contribution in [0.2, 0.25) is 0 Å². The van der Waals surface area contributed by atoms with Crippen molar-refractivity contribution < 1.29 is 8.83 Å². The van der Waals surface area contributed by atoms with Crippen molar-refractivity contribution in [3.05, 3.63) is 176 Å². The molecule has 0 atom stereocenters. The van der Waals surface area contributed by atoms with Crippen molar-refractivity contribution in [1.82, 2.24) is 0 Å². The Morgan fingerprint density at radius 1 is 0.294 bits per heavy atom. The zero-order valence-electron chi connectivity index (χ0n) is 27.5. The van der Waals surface area contributed by atoms with Crippen LogP contribution in [0, 0.1) is 0 Å². The number of furan rings is 2. The van der Waals surface area contributed by atoms with Gasteiger partial charge in [-0.15, -0.1) is 0 Å². The van der Waals surface area contributed by atoms with E-state index in [2.05, 4.69) is 157 Å². The molecule has 0 aliphatic carbocycles. The third-order valence-corrected chi connectivity index (χ3v) is 10.4. The fraction of sp³-hybridized carbons (Fsp3) is 0. The zero-order chi connectivity index (χ0) is 33.5. The molecular weight excluding hydrogens is 623 g/mol. The van der Waals surface area contributed by atoms with Gasteiger partial charge in [-0.05, 0) is 98.0 Å². The van der Waals surface area contributed by atoms with Crippen LogP contribution in [0.3, 0.4) is 0 Å². The Balaban J connectivity index is 1.10.